The average Bonchev–Trinajstić information content (AvgIpc) is 3.23. The van der Waals surface area contributed by atoms with Crippen LogP contribution in [-0.4, -0.2) is 23.4 Å². The number of benzene rings is 2. The van der Waals surface area contributed by atoms with E-state index in [0.717, 1.165) is 11.3 Å². The fourth-order valence-electron chi connectivity index (χ4n) is 3.03. The Bertz CT molecular complexity index is 934. The summed E-state index contributed by atoms with van der Waals surface area (Å²) in [6.45, 7) is 3.08. The third-order valence-electron chi connectivity index (χ3n) is 4.84. The zero-order chi connectivity index (χ0) is 20.6. The van der Waals surface area contributed by atoms with Gasteiger partial charge in [0.1, 0.15) is 23.9 Å². The zero-order valence-electron chi connectivity index (χ0n) is 16.8. The molecule has 0 saturated carbocycles. The molecule has 1 unspecified atom stereocenters. The van der Waals surface area contributed by atoms with E-state index in [0.29, 0.717) is 30.8 Å². The van der Waals surface area contributed by atoms with Gasteiger partial charge >= 0.3 is 0 Å². The Hall–Kier alpha value is -2.83. The summed E-state index contributed by atoms with van der Waals surface area (Å²) >= 11 is 0. The monoisotopic (exact) mass is 432 g/mol. The highest BCUT2D eigenvalue weighted by molar-refractivity contribution is 5.85. The van der Waals surface area contributed by atoms with Gasteiger partial charge in [-0.25, -0.2) is 4.39 Å². The maximum absolute atomic E-state index is 13.7. The van der Waals surface area contributed by atoms with Crippen LogP contribution in [0.4, 0.5) is 4.39 Å². The first-order valence-electron chi connectivity index (χ1n) is 9.54. The van der Waals surface area contributed by atoms with Gasteiger partial charge in [0, 0.05) is 12.1 Å². The number of carbonyl (C=O) groups excluding carboxylic acids is 1. The minimum atomic E-state index is -0.416. The number of hydrogen-bond donors (Lipinski definition) is 1. The summed E-state index contributed by atoms with van der Waals surface area (Å²) < 4.78 is 24.9. The molecular formula is C23H26ClFN2O3. The van der Waals surface area contributed by atoms with Crippen LogP contribution >= 0.6 is 12.4 Å². The van der Waals surface area contributed by atoms with Crippen molar-refractivity contribution in [1.82, 2.24) is 4.90 Å². The summed E-state index contributed by atoms with van der Waals surface area (Å²) in [5.41, 5.74) is 7.07. The third kappa shape index (κ3) is 6.61. The number of halogens is 2. The normalized spacial score (nSPS) is 11.7. The van der Waals surface area contributed by atoms with Crippen LogP contribution in [0.2, 0.25) is 0 Å². The molecule has 0 bridgehead atoms. The Labute approximate surface area is 182 Å². The quantitative estimate of drug-likeness (QED) is 0.517. The first kappa shape index (κ1) is 23.4. The Balaban J connectivity index is 0.00000320. The predicted octanol–water partition coefficient (Wildman–Crippen LogP) is 4.34. The molecule has 1 aromatic heterocycles. The molecule has 1 atom stereocenters. The van der Waals surface area contributed by atoms with Gasteiger partial charge in [-0.3, -0.25) is 9.69 Å². The summed E-state index contributed by atoms with van der Waals surface area (Å²) in [4.78, 5) is 13.7. The molecule has 3 aromatic rings. The number of amides is 1. The highest BCUT2D eigenvalue weighted by Gasteiger charge is 2.20. The van der Waals surface area contributed by atoms with Gasteiger partial charge in [-0.2, -0.15) is 0 Å². The SMILES string of the molecule is CC(C(N)=O)N(CCc1cccc(OCc2ccccc2F)c1)Cc1ccco1.Cl. The predicted molar refractivity (Wildman–Crippen MR) is 116 cm³/mol. The van der Waals surface area contributed by atoms with Crippen molar-refractivity contribution in [3.05, 3.63) is 89.6 Å². The van der Waals surface area contributed by atoms with Gasteiger partial charge in [-0.05, 0) is 49.2 Å². The van der Waals surface area contributed by atoms with Crippen molar-refractivity contribution in [1.29, 1.82) is 0 Å². The number of ether oxygens (including phenoxy) is 1. The van der Waals surface area contributed by atoms with Gasteiger partial charge in [0.25, 0.3) is 0 Å². The molecule has 2 N–H and O–H groups in total. The van der Waals surface area contributed by atoms with Gasteiger partial charge in [0.15, 0.2) is 0 Å². The molecule has 3 rings (SSSR count). The number of carbonyl (C=O) groups is 1. The number of nitrogens with two attached hydrogens (primary N) is 1. The van der Waals surface area contributed by atoms with Crippen molar-refractivity contribution >= 4 is 18.3 Å². The number of furan rings is 1. The van der Waals surface area contributed by atoms with E-state index in [4.69, 9.17) is 14.9 Å². The molecule has 0 fully saturated rings. The fourth-order valence-corrected chi connectivity index (χ4v) is 3.03. The molecule has 160 valence electrons. The Morgan fingerprint density at radius 2 is 1.97 bits per heavy atom. The Morgan fingerprint density at radius 1 is 1.17 bits per heavy atom. The van der Waals surface area contributed by atoms with Crippen molar-refractivity contribution in [3.8, 4) is 5.75 Å². The highest BCUT2D eigenvalue weighted by atomic mass is 35.5. The smallest absolute Gasteiger partial charge is 0.234 e. The van der Waals surface area contributed by atoms with Crippen molar-refractivity contribution in [3.63, 3.8) is 0 Å². The van der Waals surface area contributed by atoms with Gasteiger partial charge in [0.2, 0.25) is 5.91 Å². The third-order valence-corrected chi connectivity index (χ3v) is 4.84. The second-order valence-corrected chi connectivity index (χ2v) is 6.91. The summed E-state index contributed by atoms with van der Waals surface area (Å²) in [6, 6.07) is 17.5. The summed E-state index contributed by atoms with van der Waals surface area (Å²) in [5.74, 6) is 0.794. The maximum atomic E-state index is 13.7. The highest BCUT2D eigenvalue weighted by Crippen LogP contribution is 2.18. The van der Waals surface area contributed by atoms with E-state index in [9.17, 15) is 9.18 Å². The van der Waals surface area contributed by atoms with Crippen LogP contribution in [0.15, 0.2) is 71.3 Å². The van der Waals surface area contributed by atoms with Gasteiger partial charge in [0.05, 0.1) is 18.8 Å². The van der Waals surface area contributed by atoms with E-state index >= 15 is 0 Å². The molecule has 0 radical (unpaired) electrons. The first-order valence-corrected chi connectivity index (χ1v) is 9.54. The van der Waals surface area contributed by atoms with Crippen LogP contribution in [0.1, 0.15) is 23.8 Å². The van der Waals surface area contributed by atoms with Gasteiger partial charge < -0.3 is 14.9 Å². The molecular weight excluding hydrogens is 407 g/mol. The molecule has 7 heteroatoms. The number of rotatable bonds is 10. The van der Waals surface area contributed by atoms with E-state index in [1.54, 1.807) is 31.4 Å². The molecule has 0 aliphatic carbocycles. The molecule has 0 aliphatic rings. The minimum absolute atomic E-state index is 0. The molecule has 30 heavy (non-hydrogen) atoms. The number of primary amides is 1. The van der Waals surface area contributed by atoms with Crippen molar-refractivity contribution in [2.75, 3.05) is 6.54 Å². The van der Waals surface area contributed by atoms with Crippen LogP contribution in [0.5, 0.6) is 5.75 Å². The topological polar surface area (TPSA) is 68.7 Å². The molecule has 5 nitrogen and oxygen atoms in total. The summed E-state index contributed by atoms with van der Waals surface area (Å²) in [7, 11) is 0. The second kappa shape index (κ2) is 11.4. The van der Waals surface area contributed by atoms with Crippen LogP contribution in [0.3, 0.4) is 0 Å². The average molecular weight is 433 g/mol. The molecule has 0 spiro atoms. The minimum Gasteiger partial charge on any atom is -0.489 e. The lowest BCUT2D eigenvalue weighted by atomic mass is 10.1. The molecule has 0 saturated heterocycles. The van der Waals surface area contributed by atoms with E-state index < -0.39 is 6.04 Å². The lowest BCUT2D eigenvalue weighted by molar-refractivity contribution is -0.122. The lowest BCUT2D eigenvalue weighted by Crippen LogP contribution is -2.43. The number of hydrogen-bond acceptors (Lipinski definition) is 4. The van der Waals surface area contributed by atoms with Crippen LogP contribution in [0.25, 0.3) is 0 Å². The molecule has 1 amide bonds. The van der Waals surface area contributed by atoms with E-state index in [1.165, 1.54) is 6.07 Å². The maximum Gasteiger partial charge on any atom is 0.234 e. The van der Waals surface area contributed by atoms with Gasteiger partial charge in [-0.15, -0.1) is 12.4 Å². The second-order valence-electron chi connectivity index (χ2n) is 6.91. The summed E-state index contributed by atoms with van der Waals surface area (Å²) in [6.07, 6.45) is 2.31. The largest absolute Gasteiger partial charge is 0.489 e. The van der Waals surface area contributed by atoms with Gasteiger partial charge in [-0.1, -0.05) is 30.3 Å². The fraction of sp³-hybridized carbons (Fsp3) is 0.261. The lowest BCUT2D eigenvalue weighted by Gasteiger charge is -2.26. The van der Waals surface area contributed by atoms with E-state index in [1.807, 2.05) is 41.3 Å². The Kier molecular flexibility index (Phi) is 8.89. The zero-order valence-corrected chi connectivity index (χ0v) is 17.6. The molecule has 2 aromatic carbocycles. The first-order chi connectivity index (χ1) is 14.0. The van der Waals surface area contributed by atoms with Crippen LogP contribution < -0.4 is 10.5 Å². The van der Waals surface area contributed by atoms with Crippen LogP contribution in [0, 0.1) is 5.82 Å². The summed E-state index contributed by atoms with van der Waals surface area (Å²) in [5, 5.41) is 0. The van der Waals surface area contributed by atoms with Crippen LogP contribution in [-0.2, 0) is 24.4 Å². The van der Waals surface area contributed by atoms with Crippen molar-refractivity contribution < 1.29 is 18.3 Å². The van der Waals surface area contributed by atoms with Crippen molar-refractivity contribution in [2.45, 2.75) is 32.5 Å². The molecule has 0 aliphatic heterocycles. The van der Waals surface area contributed by atoms with E-state index in [2.05, 4.69) is 0 Å². The van der Waals surface area contributed by atoms with E-state index in [-0.39, 0.29) is 30.7 Å². The van der Waals surface area contributed by atoms with Crippen molar-refractivity contribution in [2.24, 2.45) is 5.73 Å². The Morgan fingerprint density at radius 3 is 2.67 bits per heavy atom. The molecule has 1 heterocycles. The number of nitrogens with zero attached hydrogens (tertiary/aromatic N) is 1. The standard InChI is InChI=1S/C23H25FN2O3.ClH/c1-17(23(25)27)26(15-21-9-5-13-28-21)12-11-18-6-4-8-20(14-18)29-16-19-7-2-3-10-22(19)24;/h2-10,13-14,17H,11-12,15-16H2,1H3,(H2,25,27);1H.